The van der Waals surface area contributed by atoms with E-state index in [1.807, 2.05) is 0 Å². The lowest BCUT2D eigenvalue weighted by molar-refractivity contribution is -0.111. The molecule has 3 nitrogen and oxygen atoms in total. The van der Waals surface area contributed by atoms with Gasteiger partial charge < -0.3 is 11.1 Å². The van der Waals surface area contributed by atoms with E-state index in [0.717, 1.165) is 4.47 Å². The maximum atomic E-state index is 10.9. The number of benzene rings is 1. The van der Waals surface area contributed by atoms with Gasteiger partial charge >= 0.3 is 0 Å². The number of halogens is 1. The number of nitrogens with two attached hydrogens (primary N) is 1. The minimum Gasteiger partial charge on any atom is -0.398 e. The van der Waals surface area contributed by atoms with Crippen molar-refractivity contribution in [2.24, 2.45) is 0 Å². The molecule has 0 aliphatic rings. The molecule has 0 unspecified atom stereocenters. The van der Waals surface area contributed by atoms with Gasteiger partial charge in [-0.3, -0.25) is 4.79 Å². The molecule has 1 amide bonds. The van der Waals surface area contributed by atoms with Crippen LogP contribution in [-0.2, 0) is 4.79 Å². The van der Waals surface area contributed by atoms with Crippen LogP contribution >= 0.6 is 15.9 Å². The molecule has 0 aliphatic heterocycles. The summed E-state index contributed by atoms with van der Waals surface area (Å²) < 4.78 is 0.809. The van der Waals surface area contributed by atoms with Crippen LogP contribution in [0.3, 0.4) is 0 Å². The van der Waals surface area contributed by atoms with Crippen LogP contribution in [-0.4, -0.2) is 5.91 Å². The number of carbonyl (C=O) groups excluding carboxylic acids is 1. The van der Waals surface area contributed by atoms with Crippen LogP contribution in [0.15, 0.2) is 35.3 Å². The van der Waals surface area contributed by atoms with Crippen LogP contribution in [0.1, 0.15) is 0 Å². The monoisotopic (exact) mass is 240 g/mol. The lowest BCUT2D eigenvalue weighted by Crippen LogP contribution is -2.07. The summed E-state index contributed by atoms with van der Waals surface area (Å²) in [5.74, 6) is -0.248. The third kappa shape index (κ3) is 2.59. The molecule has 1 aromatic carbocycles. The van der Waals surface area contributed by atoms with E-state index in [1.54, 1.807) is 18.2 Å². The molecular formula is C9H9BrN2O. The molecule has 1 aromatic rings. The highest BCUT2D eigenvalue weighted by atomic mass is 79.9. The summed E-state index contributed by atoms with van der Waals surface area (Å²) in [6.07, 6.45) is 1.21. The lowest BCUT2D eigenvalue weighted by Gasteiger charge is -2.03. The van der Waals surface area contributed by atoms with Crippen LogP contribution in [0.4, 0.5) is 11.4 Å². The number of anilines is 2. The zero-order valence-corrected chi connectivity index (χ0v) is 8.47. The van der Waals surface area contributed by atoms with Crippen molar-refractivity contribution < 1.29 is 4.79 Å². The Kier molecular flexibility index (Phi) is 3.08. The maximum Gasteiger partial charge on any atom is 0.247 e. The summed E-state index contributed by atoms with van der Waals surface area (Å²) in [5.41, 5.74) is 6.86. The van der Waals surface area contributed by atoms with Gasteiger partial charge in [0.2, 0.25) is 5.91 Å². The summed E-state index contributed by atoms with van der Waals surface area (Å²) >= 11 is 3.25. The normalized spacial score (nSPS) is 9.31. The lowest BCUT2D eigenvalue weighted by atomic mass is 10.3. The van der Waals surface area contributed by atoms with E-state index in [0.29, 0.717) is 11.4 Å². The number of nitrogens with one attached hydrogen (secondary N) is 1. The van der Waals surface area contributed by atoms with E-state index in [1.165, 1.54) is 6.08 Å². The van der Waals surface area contributed by atoms with Gasteiger partial charge in [-0.05, 0) is 40.2 Å². The van der Waals surface area contributed by atoms with Crippen molar-refractivity contribution in [2.45, 2.75) is 0 Å². The number of hydrogen-bond acceptors (Lipinski definition) is 2. The van der Waals surface area contributed by atoms with Gasteiger partial charge in [-0.1, -0.05) is 6.58 Å². The van der Waals surface area contributed by atoms with Crippen molar-refractivity contribution in [3.8, 4) is 0 Å². The highest BCUT2D eigenvalue weighted by molar-refractivity contribution is 9.10. The average molecular weight is 241 g/mol. The molecule has 68 valence electrons. The highest BCUT2D eigenvalue weighted by Gasteiger charge is 1.99. The van der Waals surface area contributed by atoms with E-state index < -0.39 is 0 Å². The average Bonchev–Trinajstić information content (AvgIpc) is 2.11. The van der Waals surface area contributed by atoms with Crippen LogP contribution in [0.5, 0.6) is 0 Å². The molecule has 0 saturated carbocycles. The second-order valence-corrected chi connectivity index (χ2v) is 3.28. The van der Waals surface area contributed by atoms with Crippen molar-refractivity contribution in [2.75, 3.05) is 11.1 Å². The molecule has 0 aromatic heterocycles. The smallest absolute Gasteiger partial charge is 0.247 e. The fraction of sp³-hybridized carbons (Fsp3) is 0. The third-order valence-corrected chi connectivity index (χ3v) is 2.17. The van der Waals surface area contributed by atoms with E-state index in [-0.39, 0.29) is 5.91 Å². The molecule has 0 fully saturated rings. The summed E-state index contributed by atoms with van der Waals surface area (Å²) in [6.45, 7) is 3.34. The molecule has 0 aliphatic carbocycles. The Labute approximate surface area is 84.8 Å². The Morgan fingerprint density at radius 1 is 1.62 bits per heavy atom. The van der Waals surface area contributed by atoms with E-state index >= 15 is 0 Å². The molecule has 0 bridgehead atoms. The van der Waals surface area contributed by atoms with Crippen LogP contribution in [0.2, 0.25) is 0 Å². The van der Waals surface area contributed by atoms with Gasteiger partial charge in [-0.15, -0.1) is 0 Å². The van der Waals surface area contributed by atoms with Crippen LogP contribution in [0.25, 0.3) is 0 Å². The van der Waals surface area contributed by atoms with E-state index in [4.69, 9.17) is 5.73 Å². The van der Waals surface area contributed by atoms with Crippen LogP contribution in [0, 0.1) is 0 Å². The molecule has 0 spiro atoms. The largest absolute Gasteiger partial charge is 0.398 e. The second-order valence-electron chi connectivity index (χ2n) is 2.43. The fourth-order valence-electron chi connectivity index (χ4n) is 0.815. The first-order valence-electron chi connectivity index (χ1n) is 3.62. The molecule has 0 radical (unpaired) electrons. The predicted octanol–water partition coefficient (Wildman–Crippen LogP) is 2.16. The second kappa shape index (κ2) is 4.09. The Bertz CT molecular complexity index is 349. The Hall–Kier alpha value is -1.29. The first kappa shape index (κ1) is 9.80. The zero-order chi connectivity index (χ0) is 9.84. The first-order valence-corrected chi connectivity index (χ1v) is 4.41. The van der Waals surface area contributed by atoms with Crippen molar-refractivity contribution in [1.82, 2.24) is 0 Å². The molecule has 3 N–H and O–H groups in total. The molecular weight excluding hydrogens is 232 g/mol. The van der Waals surface area contributed by atoms with Gasteiger partial charge in [-0.25, -0.2) is 0 Å². The maximum absolute atomic E-state index is 10.9. The predicted molar refractivity (Wildman–Crippen MR) is 57.4 cm³/mol. The van der Waals surface area contributed by atoms with Gasteiger partial charge in [0.15, 0.2) is 0 Å². The van der Waals surface area contributed by atoms with Gasteiger partial charge in [0.05, 0.1) is 0 Å². The molecule has 0 heterocycles. The van der Waals surface area contributed by atoms with Crippen molar-refractivity contribution >= 4 is 33.2 Å². The third-order valence-electron chi connectivity index (χ3n) is 1.45. The molecule has 1 rings (SSSR count). The van der Waals surface area contributed by atoms with Crippen molar-refractivity contribution in [3.63, 3.8) is 0 Å². The fourth-order valence-corrected chi connectivity index (χ4v) is 1.06. The van der Waals surface area contributed by atoms with Crippen molar-refractivity contribution in [1.29, 1.82) is 0 Å². The van der Waals surface area contributed by atoms with E-state index in [2.05, 4.69) is 27.8 Å². The molecule has 4 heteroatoms. The molecule has 13 heavy (non-hydrogen) atoms. The Morgan fingerprint density at radius 3 is 2.85 bits per heavy atom. The molecule has 0 atom stereocenters. The zero-order valence-electron chi connectivity index (χ0n) is 6.88. The quantitative estimate of drug-likeness (QED) is 0.615. The Morgan fingerprint density at radius 2 is 2.31 bits per heavy atom. The number of carbonyl (C=O) groups is 1. The molecule has 0 saturated heterocycles. The number of nitrogen functional groups attached to an aromatic ring is 1. The summed E-state index contributed by atoms with van der Waals surface area (Å²) in [7, 11) is 0. The van der Waals surface area contributed by atoms with Gasteiger partial charge in [0.25, 0.3) is 0 Å². The summed E-state index contributed by atoms with van der Waals surface area (Å²) in [4.78, 5) is 10.9. The minimum atomic E-state index is -0.248. The van der Waals surface area contributed by atoms with Gasteiger partial charge in [-0.2, -0.15) is 0 Å². The Balaban J connectivity index is 2.85. The number of amides is 1. The standard InChI is InChI=1S/C9H9BrN2O/c1-2-9(13)12-6-3-4-7(10)8(11)5-6/h2-5H,1,11H2,(H,12,13). The minimum absolute atomic E-state index is 0.248. The summed E-state index contributed by atoms with van der Waals surface area (Å²) in [5, 5.41) is 2.60. The highest BCUT2D eigenvalue weighted by Crippen LogP contribution is 2.22. The van der Waals surface area contributed by atoms with Gasteiger partial charge in [0, 0.05) is 15.8 Å². The summed E-state index contributed by atoms with van der Waals surface area (Å²) in [6, 6.07) is 5.20. The van der Waals surface area contributed by atoms with E-state index in [9.17, 15) is 4.79 Å². The van der Waals surface area contributed by atoms with Crippen LogP contribution < -0.4 is 11.1 Å². The number of rotatable bonds is 2. The van der Waals surface area contributed by atoms with Gasteiger partial charge in [0.1, 0.15) is 0 Å². The van der Waals surface area contributed by atoms with Crippen molar-refractivity contribution in [3.05, 3.63) is 35.3 Å². The number of hydrogen-bond donors (Lipinski definition) is 2. The SMILES string of the molecule is C=CC(=O)Nc1ccc(Br)c(N)c1. The topological polar surface area (TPSA) is 55.1 Å². The first-order chi connectivity index (χ1) is 6.13.